The number of hydrogen-bond acceptors (Lipinski definition) is 6. The van der Waals surface area contributed by atoms with Crippen LogP contribution in [0.15, 0.2) is 4.52 Å². The Labute approximate surface area is 72.2 Å². The normalized spacial score (nSPS) is 11.4. The Kier molecular flexibility index (Phi) is 2.28. The largest absolute Gasteiger partial charge is 0.436 e. The van der Waals surface area contributed by atoms with E-state index in [9.17, 15) is 14.4 Å². The zero-order chi connectivity index (χ0) is 10.1. The summed E-state index contributed by atoms with van der Waals surface area (Å²) in [6.07, 6.45) is 0. The Morgan fingerprint density at radius 1 is 1.69 bits per heavy atom. The SMILES string of the molecule is CC(C)(O)c1noc(C(=O)OF)n1. The molecule has 13 heavy (non-hydrogen) atoms. The van der Waals surface area contributed by atoms with Crippen LogP contribution in [0.2, 0.25) is 0 Å². The molecule has 72 valence electrons. The lowest BCUT2D eigenvalue weighted by molar-refractivity contribution is -0.0823. The molecule has 1 aromatic rings. The number of carbonyl (C=O) groups is 1. The van der Waals surface area contributed by atoms with Crippen molar-refractivity contribution in [3.63, 3.8) is 0 Å². The zero-order valence-electron chi connectivity index (χ0n) is 6.94. The molecule has 0 spiro atoms. The summed E-state index contributed by atoms with van der Waals surface area (Å²) in [7, 11) is 0. The summed E-state index contributed by atoms with van der Waals surface area (Å²) in [6, 6.07) is 0. The van der Waals surface area contributed by atoms with Crippen molar-refractivity contribution in [3.8, 4) is 0 Å². The molecule has 0 radical (unpaired) electrons. The fourth-order valence-corrected chi connectivity index (χ4v) is 0.588. The Morgan fingerprint density at radius 2 is 2.31 bits per heavy atom. The van der Waals surface area contributed by atoms with Gasteiger partial charge in [0.2, 0.25) is 5.82 Å². The number of aromatic nitrogens is 2. The molecule has 0 bridgehead atoms. The van der Waals surface area contributed by atoms with Crippen LogP contribution in [-0.4, -0.2) is 21.2 Å². The summed E-state index contributed by atoms with van der Waals surface area (Å²) >= 11 is 0. The molecular weight excluding hydrogens is 183 g/mol. The van der Waals surface area contributed by atoms with Crippen molar-refractivity contribution in [2.24, 2.45) is 0 Å². The Balaban J connectivity index is 2.93. The lowest BCUT2D eigenvalue weighted by atomic mass is 10.1. The number of hydrogen-bond donors (Lipinski definition) is 1. The molecule has 0 unspecified atom stereocenters. The highest BCUT2D eigenvalue weighted by Gasteiger charge is 2.26. The second kappa shape index (κ2) is 3.09. The third-order valence-corrected chi connectivity index (χ3v) is 1.22. The standard InChI is InChI=1S/C6H7FN2O4/c1-6(2,11)5-8-3(13-9-5)4(10)12-7/h11H,1-2H3. The molecule has 7 heteroatoms. The molecule has 0 atom stereocenters. The van der Waals surface area contributed by atoms with Gasteiger partial charge in [-0.1, -0.05) is 5.16 Å². The van der Waals surface area contributed by atoms with Gasteiger partial charge in [0.25, 0.3) is 0 Å². The molecule has 1 aromatic heterocycles. The first-order valence-electron chi connectivity index (χ1n) is 3.34. The molecular formula is C6H7FN2O4. The molecule has 0 aromatic carbocycles. The van der Waals surface area contributed by atoms with E-state index in [4.69, 9.17) is 0 Å². The molecule has 6 nitrogen and oxygen atoms in total. The van der Waals surface area contributed by atoms with Gasteiger partial charge < -0.3 is 9.63 Å². The van der Waals surface area contributed by atoms with E-state index >= 15 is 0 Å². The van der Waals surface area contributed by atoms with Crippen LogP contribution < -0.4 is 0 Å². The Morgan fingerprint density at radius 3 is 2.69 bits per heavy atom. The van der Waals surface area contributed by atoms with Crippen LogP contribution in [0, 0.1) is 0 Å². The molecule has 0 aliphatic heterocycles. The van der Waals surface area contributed by atoms with Crippen molar-refractivity contribution in [3.05, 3.63) is 11.7 Å². The third kappa shape index (κ3) is 2.00. The van der Waals surface area contributed by atoms with Gasteiger partial charge in [-0.15, -0.1) is 0 Å². The van der Waals surface area contributed by atoms with E-state index in [-0.39, 0.29) is 5.82 Å². The number of carbonyl (C=O) groups excluding carboxylic acids is 1. The maximum Gasteiger partial charge on any atom is 0.436 e. The highest BCUT2D eigenvalue weighted by atomic mass is 19.3. The fourth-order valence-electron chi connectivity index (χ4n) is 0.588. The van der Waals surface area contributed by atoms with Crippen LogP contribution in [0.3, 0.4) is 0 Å². The highest BCUT2D eigenvalue weighted by molar-refractivity contribution is 5.83. The van der Waals surface area contributed by atoms with Crippen molar-refractivity contribution < 1.29 is 23.9 Å². The fraction of sp³-hybridized carbons (Fsp3) is 0.500. The first-order valence-corrected chi connectivity index (χ1v) is 3.34. The number of rotatable bonds is 2. The van der Waals surface area contributed by atoms with E-state index in [2.05, 4.69) is 19.6 Å². The summed E-state index contributed by atoms with van der Waals surface area (Å²) in [5.74, 6) is -2.14. The van der Waals surface area contributed by atoms with E-state index in [0.29, 0.717) is 0 Å². The lowest BCUT2D eigenvalue weighted by Gasteiger charge is -2.09. The van der Waals surface area contributed by atoms with Gasteiger partial charge in [-0.2, -0.15) is 4.98 Å². The Hall–Kier alpha value is -1.50. The maximum atomic E-state index is 11.3. The van der Waals surface area contributed by atoms with Gasteiger partial charge in [0, 0.05) is 4.53 Å². The van der Waals surface area contributed by atoms with E-state index in [1.807, 2.05) is 0 Å². The van der Waals surface area contributed by atoms with Crippen molar-refractivity contribution in [1.29, 1.82) is 0 Å². The van der Waals surface area contributed by atoms with Gasteiger partial charge in [0.15, 0.2) is 0 Å². The number of halogens is 1. The molecule has 0 fully saturated rings. The van der Waals surface area contributed by atoms with E-state index < -0.39 is 17.5 Å². The van der Waals surface area contributed by atoms with Gasteiger partial charge in [0.1, 0.15) is 5.60 Å². The van der Waals surface area contributed by atoms with Crippen molar-refractivity contribution >= 4 is 5.97 Å². The summed E-state index contributed by atoms with van der Waals surface area (Å²) in [5.41, 5.74) is -1.35. The van der Waals surface area contributed by atoms with E-state index in [0.717, 1.165) is 0 Å². The summed E-state index contributed by atoms with van der Waals surface area (Å²) in [5, 5.41) is 12.6. The molecule has 1 N–H and O–H groups in total. The quantitative estimate of drug-likeness (QED) is 0.723. The van der Waals surface area contributed by atoms with Crippen molar-refractivity contribution in [2.45, 2.75) is 19.4 Å². The predicted molar refractivity (Wildman–Crippen MR) is 36.1 cm³/mol. The third-order valence-electron chi connectivity index (χ3n) is 1.22. The van der Waals surface area contributed by atoms with Crippen LogP contribution >= 0.6 is 0 Å². The first-order chi connectivity index (χ1) is 5.95. The summed E-state index contributed by atoms with van der Waals surface area (Å²) < 4.78 is 15.6. The smallest absolute Gasteiger partial charge is 0.382 e. The first kappa shape index (κ1) is 9.59. The van der Waals surface area contributed by atoms with Gasteiger partial charge >= 0.3 is 11.9 Å². The second-order valence-corrected chi connectivity index (χ2v) is 2.85. The van der Waals surface area contributed by atoms with Crippen LogP contribution in [0.1, 0.15) is 30.4 Å². The minimum atomic E-state index is -1.39. The highest BCUT2D eigenvalue weighted by Crippen LogP contribution is 2.15. The van der Waals surface area contributed by atoms with Crippen LogP contribution in [0.4, 0.5) is 4.53 Å². The monoisotopic (exact) mass is 190 g/mol. The summed E-state index contributed by atoms with van der Waals surface area (Å²) in [4.78, 5) is 16.7. The maximum absolute atomic E-state index is 11.3. The average molecular weight is 190 g/mol. The molecule has 0 saturated carbocycles. The van der Waals surface area contributed by atoms with Crippen molar-refractivity contribution in [2.75, 3.05) is 0 Å². The minimum Gasteiger partial charge on any atom is -0.382 e. The predicted octanol–water partition coefficient (Wildman–Crippen LogP) is 0.338. The number of nitrogens with zero attached hydrogens (tertiary/aromatic N) is 2. The van der Waals surface area contributed by atoms with Gasteiger partial charge in [0.05, 0.1) is 0 Å². The van der Waals surface area contributed by atoms with Gasteiger partial charge in [-0.05, 0) is 13.8 Å². The van der Waals surface area contributed by atoms with Gasteiger partial charge in [-0.3, -0.25) is 0 Å². The molecule has 1 rings (SSSR count). The zero-order valence-corrected chi connectivity index (χ0v) is 6.94. The molecule has 0 saturated heterocycles. The topological polar surface area (TPSA) is 85.5 Å². The van der Waals surface area contributed by atoms with Crippen molar-refractivity contribution in [1.82, 2.24) is 10.1 Å². The minimum absolute atomic E-state index is 0.118. The lowest BCUT2D eigenvalue weighted by Crippen LogP contribution is -2.17. The molecule has 0 amide bonds. The number of aliphatic hydroxyl groups is 1. The van der Waals surface area contributed by atoms with E-state index in [1.165, 1.54) is 13.8 Å². The Bertz CT molecular complexity index is 317. The van der Waals surface area contributed by atoms with Crippen LogP contribution in [-0.2, 0) is 10.5 Å². The van der Waals surface area contributed by atoms with Crippen LogP contribution in [0.25, 0.3) is 0 Å². The summed E-state index contributed by atoms with van der Waals surface area (Å²) in [6.45, 7) is 2.78. The molecule has 0 aliphatic carbocycles. The average Bonchev–Trinajstić information content (AvgIpc) is 2.50. The second-order valence-electron chi connectivity index (χ2n) is 2.85. The molecule has 1 heterocycles. The van der Waals surface area contributed by atoms with E-state index in [1.54, 1.807) is 0 Å². The van der Waals surface area contributed by atoms with Gasteiger partial charge in [-0.25, -0.2) is 9.74 Å². The van der Waals surface area contributed by atoms with Crippen LogP contribution in [0.5, 0.6) is 0 Å². The molecule has 0 aliphatic rings.